The molecule has 0 aromatic rings. The number of rotatable bonds is 7. The highest BCUT2D eigenvalue weighted by atomic mass is 16.4. The third-order valence-electron chi connectivity index (χ3n) is 2.48. The van der Waals surface area contributed by atoms with Crippen LogP contribution in [0.25, 0.3) is 0 Å². The van der Waals surface area contributed by atoms with Gasteiger partial charge in [-0.3, -0.25) is 24.1 Å². The number of aliphatic carboxylic acids is 2. The first-order chi connectivity index (χ1) is 9.31. The Labute approximate surface area is 112 Å². The number of carboxylic acids is 2. The molecule has 1 aliphatic heterocycles. The average Bonchev–Trinajstić information content (AvgIpc) is 2.65. The molecular formula is C11H12N2O7. The molecule has 0 saturated carbocycles. The number of nitrogens with one attached hydrogen (secondary N) is 1. The zero-order chi connectivity index (χ0) is 15.3. The van der Waals surface area contributed by atoms with Crippen molar-refractivity contribution in [3.63, 3.8) is 0 Å². The summed E-state index contributed by atoms with van der Waals surface area (Å²) in [6, 6.07) is -1.55. The number of carbonyl (C=O) groups is 5. The number of carbonyl (C=O) groups excluding carboxylic acids is 3. The Hall–Kier alpha value is -2.71. The zero-order valence-electron chi connectivity index (χ0n) is 10.2. The molecule has 3 amide bonds. The summed E-state index contributed by atoms with van der Waals surface area (Å²) in [5, 5.41) is 19.2. The second-order valence-corrected chi connectivity index (χ2v) is 3.97. The molecule has 0 bridgehead atoms. The van der Waals surface area contributed by atoms with Crippen molar-refractivity contribution in [2.24, 2.45) is 0 Å². The number of hydrogen-bond donors (Lipinski definition) is 3. The molecule has 9 nitrogen and oxygen atoms in total. The van der Waals surface area contributed by atoms with Crippen molar-refractivity contribution >= 4 is 29.7 Å². The molecule has 1 rings (SSSR count). The number of hydrogen-bond acceptors (Lipinski definition) is 5. The van der Waals surface area contributed by atoms with E-state index in [4.69, 9.17) is 10.2 Å². The minimum Gasteiger partial charge on any atom is -0.481 e. The Morgan fingerprint density at radius 3 is 2.15 bits per heavy atom. The van der Waals surface area contributed by atoms with Crippen LogP contribution >= 0.6 is 0 Å². The third-order valence-corrected chi connectivity index (χ3v) is 2.48. The molecule has 0 aromatic heterocycles. The van der Waals surface area contributed by atoms with Gasteiger partial charge in [0.25, 0.3) is 11.8 Å². The lowest BCUT2D eigenvalue weighted by Crippen LogP contribution is -2.43. The molecule has 108 valence electrons. The highest BCUT2D eigenvalue weighted by Crippen LogP contribution is 2.04. The summed E-state index contributed by atoms with van der Waals surface area (Å²) >= 11 is 0. The van der Waals surface area contributed by atoms with Gasteiger partial charge in [-0.1, -0.05) is 0 Å². The summed E-state index contributed by atoms with van der Waals surface area (Å²) in [6.45, 7) is -0.199. The minimum atomic E-state index is -1.55. The second kappa shape index (κ2) is 6.45. The first-order valence-corrected chi connectivity index (χ1v) is 5.58. The van der Waals surface area contributed by atoms with Gasteiger partial charge in [0.05, 0.1) is 6.42 Å². The van der Waals surface area contributed by atoms with Gasteiger partial charge in [0.2, 0.25) is 5.91 Å². The first-order valence-electron chi connectivity index (χ1n) is 5.58. The van der Waals surface area contributed by atoms with Crippen molar-refractivity contribution in [3.05, 3.63) is 12.2 Å². The first kappa shape index (κ1) is 15.3. The zero-order valence-corrected chi connectivity index (χ0v) is 10.2. The molecule has 1 aliphatic rings. The van der Waals surface area contributed by atoms with Crippen LogP contribution in [0, 0.1) is 0 Å². The van der Waals surface area contributed by atoms with Gasteiger partial charge in [-0.25, -0.2) is 4.79 Å². The molecule has 0 fully saturated rings. The van der Waals surface area contributed by atoms with Crippen molar-refractivity contribution < 1.29 is 34.2 Å². The van der Waals surface area contributed by atoms with E-state index in [1.54, 1.807) is 0 Å². The predicted octanol–water partition coefficient (Wildman–Crippen LogP) is -1.65. The molecule has 0 radical (unpaired) electrons. The van der Waals surface area contributed by atoms with Gasteiger partial charge in [0.15, 0.2) is 0 Å². The largest absolute Gasteiger partial charge is 0.481 e. The van der Waals surface area contributed by atoms with Gasteiger partial charge in [-0.15, -0.1) is 0 Å². The smallest absolute Gasteiger partial charge is 0.326 e. The fourth-order valence-corrected chi connectivity index (χ4v) is 1.51. The van der Waals surface area contributed by atoms with Crippen LogP contribution in [0.15, 0.2) is 12.2 Å². The summed E-state index contributed by atoms with van der Waals surface area (Å²) in [4.78, 5) is 55.8. The van der Waals surface area contributed by atoms with Crippen LogP contribution in [0.2, 0.25) is 0 Å². The molecule has 0 saturated heterocycles. The van der Waals surface area contributed by atoms with Gasteiger partial charge in [0.1, 0.15) is 6.04 Å². The van der Waals surface area contributed by atoms with Crippen LogP contribution in [0.5, 0.6) is 0 Å². The molecule has 1 atom stereocenters. The highest BCUT2D eigenvalue weighted by Gasteiger charge is 2.26. The van der Waals surface area contributed by atoms with E-state index >= 15 is 0 Å². The standard InChI is InChI=1S/C11H12N2O7/c14-7(12-6(11(19)20)5-10(17)18)3-4-13-8(15)1-2-9(13)16/h1-2,6H,3-5H2,(H,12,14)(H,17,18)(H,19,20). The van der Waals surface area contributed by atoms with Crippen molar-refractivity contribution in [1.82, 2.24) is 10.2 Å². The number of imide groups is 1. The number of nitrogens with zero attached hydrogens (tertiary/aromatic N) is 1. The number of amides is 3. The van der Waals surface area contributed by atoms with Gasteiger partial charge in [0, 0.05) is 25.1 Å². The van der Waals surface area contributed by atoms with Gasteiger partial charge in [-0.2, -0.15) is 0 Å². The van der Waals surface area contributed by atoms with Gasteiger partial charge >= 0.3 is 11.9 Å². The van der Waals surface area contributed by atoms with E-state index in [1.165, 1.54) is 0 Å². The maximum atomic E-state index is 11.5. The predicted molar refractivity (Wildman–Crippen MR) is 62.3 cm³/mol. The van der Waals surface area contributed by atoms with Crippen molar-refractivity contribution in [3.8, 4) is 0 Å². The normalized spacial score (nSPS) is 15.3. The lowest BCUT2D eigenvalue weighted by molar-refractivity contribution is -0.147. The fourth-order valence-electron chi connectivity index (χ4n) is 1.51. The molecule has 0 aromatic carbocycles. The molecule has 9 heteroatoms. The molecular weight excluding hydrogens is 272 g/mol. The van der Waals surface area contributed by atoms with E-state index in [0.717, 1.165) is 17.1 Å². The molecule has 0 aliphatic carbocycles. The average molecular weight is 284 g/mol. The van der Waals surface area contributed by atoms with Crippen LogP contribution in [0.1, 0.15) is 12.8 Å². The Morgan fingerprint density at radius 2 is 1.70 bits per heavy atom. The summed E-state index contributed by atoms with van der Waals surface area (Å²) in [5.41, 5.74) is 0. The highest BCUT2D eigenvalue weighted by molar-refractivity contribution is 6.13. The lowest BCUT2D eigenvalue weighted by atomic mass is 10.2. The Kier molecular flexibility index (Phi) is 4.95. The number of carboxylic acid groups (broad SMARTS) is 2. The Morgan fingerprint density at radius 1 is 1.15 bits per heavy atom. The van der Waals surface area contributed by atoms with E-state index in [2.05, 4.69) is 0 Å². The second-order valence-electron chi connectivity index (χ2n) is 3.97. The lowest BCUT2D eigenvalue weighted by Gasteiger charge is -2.15. The van der Waals surface area contributed by atoms with Crippen LogP contribution in [-0.4, -0.2) is 57.4 Å². The Balaban J connectivity index is 2.46. The van der Waals surface area contributed by atoms with Crippen molar-refractivity contribution in [1.29, 1.82) is 0 Å². The summed E-state index contributed by atoms with van der Waals surface area (Å²) in [6.07, 6.45) is 1.06. The van der Waals surface area contributed by atoms with E-state index in [-0.39, 0.29) is 13.0 Å². The summed E-state index contributed by atoms with van der Waals surface area (Å²) in [5.74, 6) is -4.71. The van der Waals surface area contributed by atoms with Crippen molar-refractivity contribution in [2.45, 2.75) is 18.9 Å². The van der Waals surface area contributed by atoms with Crippen LogP contribution in [-0.2, 0) is 24.0 Å². The van der Waals surface area contributed by atoms with Crippen molar-refractivity contribution in [2.75, 3.05) is 6.54 Å². The van der Waals surface area contributed by atoms with Crippen LogP contribution < -0.4 is 5.32 Å². The maximum absolute atomic E-state index is 11.5. The fraction of sp³-hybridized carbons (Fsp3) is 0.364. The summed E-state index contributed by atoms with van der Waals surface area (Å²) < 4.78 is 0. The quantitative estimate of drug-likeness (QED) is 0.475. The van der Waals surface area contributed by atoms with Gasteiger partial charge < -0.3 is 15.5 Å². The maximum Gasteiger partial charge on any atom is 0.326 e. The SMILES string of the molecule is O=C(O)CC(NC(=O)CCN1C(=O)C=CC1=O)C(=O)O. The molecule has 20 heavy (non-hydrogen) atoms. The van der Waals surface area contributed by atoms with E-state index in [9.17, 15) is 24.0 Å². The van der Waals surface area contributed by atoms with E-state index in [0.29, 0.717) is 0 Å². The Bertz CT molecular complexity index is 479. The molecule has 3 N–H and O–H groups in total. The molecule has 1 heterocycles. The topological polar surface area (TPSA) is 141 Å². The van der Waals surface area contributed by atoms with Crippen LogP contribution in [0.4, 0.5) is 0 Å². The minimum absolute atomic E-state index is 0.199. The molecule has 0 spiro atoms. The van der Waals surface area contributed by atoms with E-state index < -0.39 is 42.1 Å². The summed E-state index contributed by atoms with van der Waals surface area (Å²) in [7, 11) is 0. The van der Waals surface area contributed by atoms with Crippen LogP contribution in [0.3, 0.4) is 0 Å². The van der Waals surface area contributed by atoms with Gasteiger partial charge in [-0.05, 0) is 0 Å². The molecule has 1 unspecified atom stereocenters. The third kappa shape index (κ3) is 4.19. The monoisotopic (exact) mass is 284 g/mol. The van der Waals surface area contributed by atoms with E-state index in [1.807, 2.05) is 5.32 Å².